The van der Waals surface area contributed by atoms with Gasteiger partial charge in [0, 0.05) is 9.50 Å². The lowest BCUT2D eigenvalue weighted by Crippen LogP contribution is -2.27. The Morgan fingerprint density at radius 2 is 1.69 bits per heavy atom. The highest BCUT2D eigenvalue weighted by atomic mass is 79.9. The van der Waals surface area contributed by atoms with Gasteiger partial charge in [-0.15, -0.1) is 0 Å². The van der Waals surface area contributed by atoms with E-state index in [1.807, 2.05) is 13.8 Å². The van der Waals surface area contributed by atoms with Crippen molar-refractivity contribution < 1.29 is 19.1 Å². The summed E-state index contributed by atoms with van der Waals surface area (Å²) in [6.07, 6.45) is 1.69. The first-order valence-electron chi connectivity index (χ1n) is 9.01. The minimum absolute atomic E-state index is 0.202. The van der Waals surface area contributed by atoms with Gasteiger partial charge in [0.05, 0.1) is 24.7 Å². The van der Waals surface area contributed by atoms with E-state index < -0.39 is 0 Å². The van der Waals surface area contributed by atoms with Crippen molar-refractivity contribution in [1.29, 1.82) is 0 Å². The second-order valence-electron chi connectivity index (χ2n) is 6.08. The topological polar surface area (TPSA) is 55.8 Å². The van der Waals surface area contributed by atoms with Gasteiger partial charge in [-0.1, -0.05) is 39.7 Å². The summed E-state index contributed by atoms with van der Waals surface area (Å²) in [5, 5.41) is 0.302. The number of hydrogen-bond acceptors (Lipinski definition) is 5. The van der Waals surface area contributed by atoms with E-state index in [1.165, 1.54) is 4.90 Å². The quantitative estimate of drug-likeness (QED) is 0.431. The van der Waals surface area contributed by atoms with E-state index >= 15 is 0 Å². The zero-order chi connectivity index (χ0) is 21.0. The molecule has 1 aliphatic heterocycles. The van der Waals surface area contributed by atoms with Gasteiger partial charge in [0.2, 0.25) is 0 Å². The molecule has 2 aromatic rings. The Kier molecular flexibility index (Phi) is 7.27. The molecule has 0 radical (unpaired) electrons. The lowest BCUT2D eigenvalue weighted by atomic mass is 10.1. The van der Waals surface area contributed by atoms with Crippen molar-refractivity contribution in [2.75, 3.05) is 13.2 Å². The average Bonchev–Trinajstić information content (AvgIpc) is 2.95. The van der Waals surface area contributed by atoms with Gasteiger partial charge in [-0.3, -0.25) is 14.5 Å². The van der Waals surface area contributed by atoms with Gasteiger partial charge in [0.15, 0.2) is 11.5 Å². The summed E-state index contributed by atoms with van der Waals surface area (Å²) < 4.78 is 12.0. The Bertz CT molecular complexity index is 962. The van der Waals surface area contributed by atoms with Crippen molar-refractivity contribution in [1.82, 2.24) is 4.90 Å². The third-order valence-corrected chi connectivity index (χ3v) is 5.92. The maximum atomic E-state index is 12.8. The predicted octanol–water partition coefficient (Wildman–Crippen LogP) is 6.14. The molecule has 5 nitrogen and oxygen atoms in total. The van der Waals surface area contributed by atoms with E-state index in [0.717, 1.165) is 27.4 Å². The van der Waals surface area contributed by atoms with Crippen molar-refractivity contribution in [3.63, 3.8) is 0 Å². The first-order chi connectivity index (χ1) is 13.9. The maximum Gasteiger partial charge on any atom is 0.293 e. The molecule has 3 rings (SSSR count). The van der Waals surface area contributed by atoms with Crippen LogP contribution < -0.4 is 9.47 Å². The SMILES string of the molecule is CCOc1cc(Br)c(C=C2SC(=O)N(Cc3ccc(Cl)cc3)C2=O)cc1OCC. The van der Waals surface area contributed by atoms with Crippen molar-refractivity contribution in [3.05, 3.63) is 61.9 Å². The van der Waals surface area contributed by atoms with Crippen LogP contribution in [-0.2, 0) is 11.3 Å². The van der Waals surface area contributed by atoms with Crippen LogP contribution in [0.5, 0.6) is 11.5 Å². The van der Waals surface area contributed by atoms with Crippen LogP contribution in [0.1, 0.15) is 25.0 Å². The maximum absolute atomic E-state index is 12.8. The molecule has 1 fully saturated rings. The molecule has 0 spiro atoms. The first-order valence-corrected chi connectivity index (χ1v) is 11.0. The van der Waals surface area contributed by atoms with Crippen LogP contribution in [0.4, 0.5) is 4.79 Å². The molecule has 0 N–H and O–H groups in total. The van der Waals surface area contributed by atoms with Gasteiger partial charge in [-0.05, 0) is 67.1 Å². The Balaban J connectivity index is 1.86. The van der Waals surface area contributed by atoms with E-state index in [9.17, 15) is 9.59 Å². The fraction of sp³-hybridized carbons (Fsp3) is 0.238. The van der Waals surface area contributed by atoms with Crippen molar-refractivity contribution in [2.45, 2.75) is 20.4 Å². The number of imide groups is 1. The smallest absolute Gasteiger partial charge is 0.293 e. The number of carbonyl (C=O) groups excluding carboxylic acids is 2. The van der Waals surface area contributed by atoms with E-state index in [1.54, 1.807) is 42.5 Å². The highest BCUT2D eigenvalue weighted by molar-refractivity contribution is 9.10. The van der Waals surface area contributed by atoms with Gasteiger partial charge < -0.3 is 9.47 Å². The van der Waals surface area contributed by atoms with Crippen LogP contribution in [-0.4, -0.2) is 29.3 Å². The lowest BCUT2D eigenvalue weighted by molar-refractivity contribution is -0.123. The standard InChI is InChI=1S/C21H19BrClNO4S/c1-3-27-17-9-14(16(22)11-18(17)28-4-2)10-19-20(25)24(21(26)29-19)12-13-5-7-15(23)8-6-13/h5-11H,3-4,12H2,1-2H3. The number of amides is 2. The molecule has 1 heterocycles. The number of ether oxygens (including phenoxy) is 2. The fourth-order valence-electron chi connectivity index (χ4n) is 2.75. The number of carbonyl (C=O) groups is 2. The molecule has 1 saturated heterocycles. The highest BCUT2D eigenvalue weighted by Gasteiger charge is 2.35. The number of benzene rings is 2. The van der Waals surface area contributed by atoms with Crippen LogP contribution in [0.25, 0.3) is 6.08 Å². The first kappa shape index (κ1) is 21.7. The molecule has 0 aliphatic carbocycles. The summed E-state index contributed by atoms with van der Waals surface area (Å²) in [4.78, 5) is 26.8. The van der Waals surface area contributed by atoms with E-state index in [4.69, 9.17) is 21.1 Å². The van der Waals surface area contributed by atoms with Gasteiger partial charge >= 0.3 is 0 Å². The van der Waals surface area contributed by atoms with Gasteiger partial charge in [-0.2, -0.15) is 0 Å². The molecule has 0 aromatic heterocycles. The number of hydrogen-bond donors (Lipinski definition) is 0. The largest absolute Gasteiger partial charge is 0.490 e. The summed E-state index contributed by atoms with van der Waals surface area (Å²) in [6.45, 7) is 4.98. The second-order valence-corrected chi connectivity index (χ2v) is 8.36. The third-order valence-electron chi connectivity index (χ3n) is 4.08. The molecule has 8 heteroatoms. The van der Waals surface area contributed by atoms with Crippen LogP contribution in [0, 0.1) is 0 Å². The summed E-state index contributed by atoms with van der Waals surface area (Å²) in [5.74, 6) is 0.882. The Labute approximate surface area is 187 Å². The molecule has 152 valence electrons. The monoisotopic (exact) mass is 495 g/mol. The number of thioether (sulfide) groups is 1. The van der Waals surface area contributed by atoms with Crippen LogP contribution in [0.3, 0.4) is 0 Å². The molecule has 1 aliphatic rings. The Morgan fingerprint density at radius 3 is 2.31 bits per heavy atom. The fourth-order valence-corrected chi connectivity index (χ4v) is 4.14. The van der Waals surface area contributed by atoms with Gasteiger partial charge in [-0.25, -0.2) is 0 Å². The third kappa shape index (κ3) is 5.15. The van der Waals surface area contributed by atoms with Crippen molar-refractivity contribution in [2.24, 2.45) is 0 Å². The summed E-state index contributed by atoms with van der Waals surface area (Å²) in [6, 6.07) is 10.7. The minimum Gasteiger partial charge on any atom is -0.490 e. The van der Waals surface area contributed by atoms with Crippen LogP contribution >= 0.6 is 39.3 Å². The summed E-state index contributed by atoms with van der Waals surface area (Å²) in [7, 11) is 0. The molecule has 0 atom stereocenters. The van der Waals surface area contributed by atoms with E-state index in [2.05, 4.69) is 15.9 Å². The van der Waals surface area contributed by atoms with Crippen molar-refractivity contribution >= 4 is 56.5 Å². The molecular weight excluding hydrogens is 478 g/mol. The lowest BCUT2D eigenvalue weighted by Gasteiger charge is -2.13. The molecular formula is C21H19BrClNO4S. The molecule has 0 unspecified atom stereocenters. The predicted molar refractivity (Wildman–Crippen MR) is 119 cm³/mol. The van der Waals surface area contributed by atoms with Crippen LogP contribution in [0.15, 0.2) is 45.8 Å². The van der Waals surface area contributed by atoms with E-state index in [-0.39, 0.29) is 17.7 Å². The molecule has 0 bridgehead atoms. The highest BCUT2D eigenvalue weighted by Crippen LogP contribution is 2.38. The van der Waals surface area contributed by atoms with Crippen molar-refractivity contribution in [3.8, 4) is 11.5 Å². The summed E-state index contributed by atoms with van der Waals surface area (Å²) in [5.41, 5.74) is 1.56. The van der Waals surface area contributed by atoms with Crippen LogP contribution in [0.2, 0.25) is 5.02 Å². The normalized spacial score (nSPS) is 15.3. The second kappa shape index (κ2) is 9.69. The average molecular weight is 497 g/mol. The van der Waals surface area contributed by atoms with E-state index in [0.29, 0.717) is 34.6 Å². The Morgan fingerprint density at radius 1 is 1.07 bits per heavy atom. The van der Waals surface area contributed by atoms with Gasteiger partial charge in [0.25, 0.3) is 11.1 Å². The zero-order valence-electron chi connectivity index (χ0n) is 15.9. The minimum atomic E-state index is -0.325. The molecule has 2 aromatic carbocycles. The van der Waals surface area contributed by atoms with Gasteiger partial charge in [0.1, 0.15) is 0 Å². The molecule has 2 amide bonds. The number of nitrogens with zero attached hydrogens (tertiary/aromatic N) is 1. The number of rotatable bonds is 7. The molecule has 0 saturated carbocycles. The zero-order valence-corrected chi connectivity index (χ0v) is 19.1. The Hall–Kier alpha value is -1.96. The summed E-state index contributed by atoms with van der Waals surface area (Å²) >= 11 is 10.3. The molecule has 29 heavy (non-hydrogen) atoms. The number of halogens is 2.